The van der Waals surface area contributed by atoms with Crippen molar-refractivity contribution in [1.82, 2.24) is 16.0 Å². The summed E-state index contributed by atoms with van der Waals surface area (Å²) in [6.07, 6.45) is 4.11. The summed E-state index contributed by atoms with van der Waals surface area (Å²) in [6, 6.07) is -1.10. The Balaban J connectivity index is 0. The van der Waals surface area contributed by atoms with Crippen LogP contribution in [-0.2, 0) is 42.3 Å². The molecule has 0 bridgehead atoms. The zero-order chi connectivity index (χ0) is 14.0. The SMILES string of the molecule is [CH2-]CCCC.[CH2-]NC(=O)CCC1NC(=O)NC1=O.[Y+3]. The van der Waals surface area contributed by atoms with Gasteiger partial charge in [0.05, 0.1) is 0 Å². The summed E-state index contributed by atoms with van der Waals surface area (Å²) in [4.78, 5) is 32.3. The molecule has 6 nitrogen and oxygen atoms in total. The van der Waals surface area contributed by atoms with E-state index in [0.717, 1.165) is 6.42 Å². The smallest absolute Gasteiger partial charge is 0.508 e. The van der Waals surface area contributed by atoms with E-state index in [2.05, 4.69) is 36.8 Å². The molecule has 0 aromatic heterocycles. The zero-order valence-corrected chi connectivity index (χ0v) is 14.2. The Bertz CT molecular complexity index is 296. The number of urea groups is 1. The topological polar surface area (TPSA) is 87.3 Å². The minimum atomic E-state index is -0.593. The molecule has 104 valence electrons. The van der Waals surface area contributed by atoms with Crippen LogP contribution in [0, 0.1) is 14.0 Å². The molecule has 7 heteroatoms. The Kier molecular flexibility index (Phi) is 13.7. The number of amides is 4. The third kappa shape index (κ3) is 10.0. The minimum absolute atomic E-state index is 0. The molecule has 4 amide bonds. The van der Waals surface area contributed by atoms with Gasteiger partial charge in [0, 0.05) is 6.42 Å². The van der Waals surface area contributed by atoms with E-state index in [0.29, 0.717) is 6.42 Å². The van der Waals surface area contributed by atoms with Gasteiger partial charge in [0.1, 0.15) is 6.04 Å². The van der Waals surface area contributed by atoms with E-state index in [-0.39, 0.29) is 50.9 Å². The maximum Gasteiger partial charge on any atom is 3.00 e. The van der Waals surface area contributed by atoms with Gasteiger partial charge in [-0.3, -0.25) is 22.0 Å². The fourth-order valence-electron chi connectivity index (χ4n) is 1.28. The number of carbonyl (C=O) groups excluding carboxylic acids is 3. The Morgan fingerprint density at radius 1 is 1.42 bits per heavy atom. The van der Waals surface area contributed by atoms with Crippen LogP contribution in [0.5, 0.6) is 0 Å². The first-order valence-corrected chi connectivity index (χ1v) is 6.01. The molecule has 1 unspecified atom stereocenters. The molecule has 0 spiro atoms. The number of carbonyl (C=O) groups is 3. The van der Waals surface area contributed by atoms with Crippen LogP contribution in [0.3, 0.4) is 0 Å². The first kappa shape index (κ1) is 20.8. The van der Waals surface area contributed by atoms with Crippen molar-refractivity contribution in [3.63, 3.8) is 0 Å². The van der Waals surface area contributed by atoms with E-state index in [1.54, 1.807) is 0 Å². The molecule has 0 radical (unpaired) electrons. The minimum Gasteiger partial charge on any atom is -0.508 e. The van der Waals surface area contributed by atoms with Gasteiger partial charge in [-0.05, 0) is 6.42 Å². The maximum atomic E-state index is 10.9. The number of imide groups is 1. The summed E-state index contributed by atoms with van der Waals surface area (Å²) in [5, 5.41) is 6.64. The summed E-state index contributed by atoms with van der Waals surface area (Å²) in [5.41, 5.74) is 0. The molecule has 0 aromatic carbocycles. The fraction of sp³-hybridized carbons (Fsp3) is 0.583. The molecule has 0 aliphatic carbocycles. The molecule has 19 heavy (non-hydrogen) atoms. The monoisotopic (exact) mass is 344 g/mol. The molecule has 1 rings (SSSR count). The second kappa shape index (κ2) is 12.5. The van der Waals surface area contributed by atoms with Crippen molar-refractivity contribution in [1.29, 1.82) is 0 Å². The predicted molar refractivity (Wildman–Crippen MR) is 68.1 cm³/mol. The Morgan fingerprint density at radius 3 is 2.37 bits per heavy atom. The van der Waals surface area contributed by atoms with Gasteiger partial charge < -0.3 is 17.6 Å². The maximum absolute atomic E-state index is 10.9. The number of rotatable bonds is 5. The summed E-state index contributed by atoms with van der Waals surface area (Å²) in [6.45, 7) is 5.85. The van der Waals surface area contributed by atoms with Crippen molar-refractivity contribution in [3.05, 3.63) is 14.0 Å². The van der Waals surface area contributed by atoms with Crippen LogP contribution in [0.4, 0.5) is 4.79 Å². The van der Waals surface area contributed by atoms with Crippen LogP contribution in [0.25, 0.3) is 0 Å². The normalized spacial score (nSPS) is 16.5. The average molecular weight is 344 g/mol. The average Bonchev–Trinajstić information content (AvgIpc) is 2.66. The van der Waals surface area contributed by atoms with Crippen LogP contribution in [-0.4, -0.2) is 23.9 Å². The summed E-state index contributed by atoms with van der Waals surface area (Å²) in [7, 11) is 3.18. The predicted octanol–water partition coefficient (Wildman–Crippen LogP) is 0.891. The molecular formula is C12H21N3O3Y+. The van der Waals surface area contributed by atoms with Crippen LogP contribution in [0.2, 0.25) is 0 Å². The standard InChI is InChI=1S/C7H10N3O3.C5H11.Y/c1-8-5(11)3-2-4-6(12)10-7(13)9-4;1-3-5-4-2;/h4H,1-3H2,(H,8,11)(H2,9,10,12,13);1,3-5H2,2H3;/q2*-1;+3. The fourth-order valence-corrected chi connectivity index (χ4v) is 1.28. The molecule has 1 atom stereocenters. The van der Waals surface area contributed by atoms with E-state index < -0.39 is 12.1 Å². The molecule has 0 saturated carbocycles. The zero-order valence-electron chi connectivity index (χ0n) is 11.3. The molecule has 1 fully saturated rings. The number of hydrogen-bond donors (Lipinski definition) is 3. The largest absolute Gasteiger partial charge is 3.00 e. The molecule has 1 aliphatic rings. The van der Waals surface area contributed by atoms with E-state index in [1.807, 2.05) is 0 Å². The Hall–Kier alpha value is -0.486. The van der Waals surface area contributed by atoms with Gasteiger partial charge in [-0.15, -0.1) is 0 Å². The van der Waals surface area contributed by atoms with Crippen molar-refractivity contribution in [2.45, 2.75) is 45.1 Å². The number of hydrogen-bond acceptors (Lipinski definition) is 3. The molecule has 3 N–H and O–H groups in total. The van der Waals surface area contributed by atoms with E-state index in [4.69, 9.17) is 0 Å². The molecular weight excluding hydrogens is 323 g/mol. The first-order valence-electron chi connectivity index (χ1n) is 6.01. The van der Waals surface area contributed by atoms with Gasteiger partial charge in [-0.25, -0.2) is 4.79 Å². The summed E-state index contributed by atoms with van der Waals surface area (Å²) < 4.78 is 0. The van der Waals surface area contributed by atoms with Crippen molar-refractivity contribution in [3.8, 4) is 0 Å². The third-order valence-corrected chi connectivity index (χ3v) is 2.32. The van der Waals surface area contributed by atoms with Crippen LogP contribution in [0.15, 0.2) is 0 Å². The Morgan fingerprint density at radius 2 is 2.05 bits per heavy atom. The van der Waals surface area contributed by atoms with Crippen molar-refractivity contribution in [2.75, 3.05) is 0 Å². The summed E-state index contributed by atoms with van der Waals surface area (Å²) >= 11 is 0. The third-order valence-electron chi connectivity index (χ3n) is 2.32. The van der Waals surface area contributed by atoms with Gasteiger partial charge in [0.15, 0.2) is 5.91 Å². The number of unbranched alkanes of at least 4 members (excludes halogenated alkanes) is 2. The van der Waals surface area contributed by atoms with Crippen molar-refractivity contribution < 1.29 is 47.1 Å². The van der Waals surface area contributed by atoms with Gasteiger partial charge in [0.25, 0.3) is 5.91 Å². The van der Waals surface area contributed by atoms with Crippen molar-refractivity contribution in [2.24, 2.45) is 0 Å². The van der Waals surface area contributed by atoms with E-state index in [9.17, 15) is 14.4 Å². The second-order valence-electron chi connectivity index (χ2n) is 3.86. The molecule has 1 saturated heterocycles. The van der Waals surface area contributed by atoms with Crippen molar-refractivity contribution >= 4 is 17.8 Å². The molecule has 1 aliphatic heterocycles. The van der Waals surface area contributed by atoms with Crippen LogP contribution in [0.1, 0.15) is 39.0 Å². The van der Waals surface area contributed by atoms with E-state index in [1.165, 1.54) is 12.8 Å². The van der Waals surface area contributed by atoms with Gasteiger partial charge >= 0.3 is 38.7 Å². The molecule has 1 heterocycles. The van der Waals surface area contributed by atoms with Gasteiger partial charge in [0.2, 0.25) is 0 Å². The number of nitrogens with one attached hydrogen (secondary N) is 3. The van der Waals surface area contributed by atoms with Crippen LogP contribution >= 0.6 is 0 Å². The second-order valence-corrected chi connectivity index (χ2v) is 3.86. The van der Waals surface area contributed by atoms with Crippen LogP contribution < -0.4 is 16.0 Å². The summed E-state index contributed by atoms with van der Waals surface area (Å²) in [5.74, 6) is -0.643. The van der Waals surface area contributed by atoms with E-state index >= 15 is 0 Å². The first-order chi connectivity index (χ1) is 8.54. The molecule has 0 aromatic rings. The van der Waals surface area contributed by atoms with Gasteiger partial charge in [-0.2, -0.15) is 6.42 Å². The van der Waals surface area contributed by atoms with Gasteiger partial charge in [-0.1, -0.05) is 19.8 Å². The Labute approximate surface area is 139 Å². The quantitative estimate of drug-likeness (QED) is 0.511.